The van der Waals surface area contributed by atoms with Gasteiger partial charge >= 0.3 is 0 Å². The van der Waals surface area contributed by atoms with Crippen LogP contribution in [0, 0.1) is 5.92 Å². The fourth-order valence-corrected chi connectivity index (χ4v) is 3.81. The van der Waals surface area contributed by atoms with E-state index in [9.17, 15) is 4.79 Å². The average Bonchev–Trinajstić information content (AvgIpc) is 3.06. The molecule has 2 aliphatic carbocycles. The second kappa shape index (κ2) is 7.95. The maximum absolute atomic E-state index is 12.5. The Balaban J connectivity index is 1.95. The summed E-state index contributed by atoms with van der Waals surface area (Å²) in [5, 5.41) is 0. The molecule has 0 aliphatic heterocycles. The largest absolute Gasteiger partial charge is 0.330 e. The van der Waals surface area contributed by atoms with Gasteiger partial charge in [-0.25, -0.2) is 0 Å². The van der Waals surface area contributed by atoms with Gasteiger partial charge in [0.1, 0.15) is 0 Å². The Morgan fingerprint density at radius 3 is 2.71 bits per heavy atom. The summed E-state index contributed by atoms with van der Waals surface area (Å²) in [4.78, 5) is 16.8. The van der Waals surface area contributed by atoms with E-state index < -0.39 is 0 Å². The van der Waals surface area contributed by atoms with Gasteiger partial charge in [0.2, 0.25) is 5.91 Å². The van der Waals surface area contributed by atoms with Gasteiger partial charge in [-0.15, -0.1) is 0 Å². The SMILES string of the molecule is CCN(CC(=O)N(C)C1=CCCC1)C1CCCCC1CN. The number of allylic oxidation sites excluding steroid dienone is 2. The first-order chi connectivity index (χ1) is 10.2. The predicted molar refractivity (Wildman–Crippen MR) is 86.8 cm³/mol. The zero-order chi connectivity index (χ0) is 15.2. The minimum atomic E-state index is 0.228. The third-order valence-electron chi connectivity index (χ3n) is 5.21. The monoisotopic (exact) mass is 293 g/mol. The summed E-state index contributed by atoms with van der Waals surface area (Å²) in [6, 6.07) is 0.489. The Morgan fingerprint density at radius 2 is 2.10 bits per heavy atom. The molecule has 0 aromatic carbocycles. The van der Waals surface area contributed by atoms with Crippen LogP contribution in [0.25, 0.3) is 0 Å². The Bertz CT molecular complexity index is 380. The molecule has 2 aliphatic rings. The zero-order valence-electron chi connectivity index (χ0n) is 13.7. The second-order valence-corrected chi connectivity index (χ2v) is 6.45. The Kier molecular flexibility index (Phi) is 6.24. The number of carbonyl (C=O) groups is 1. The molecule has 1 saturated carbocycles. The summed E-state index contributed by atoms with van der Waals surface area (Å²) in [6.07, 6.45) is 10.5. The standard InChI is InChI=1S/C17H31N3O/c1-3-20(16-11-7-4-8-14(16)12-18)13-17(21)19(2)15-9-5-6-10-15/h9,14,16H,3-8,10-13,18H2,1-2H3. The maximum atomic E-state index is 12.5. The number of nitrogens with two attached hydrogens (primary N) is 1. The summed E-state index contributed by atoms with van der Waals surface area (Å²) >= 11 is 0. The van der Waals surface area contributed by atoms with E-state index in [-0.39, 0.29) is 5.91 Å². The van der Waals surface area contributed by atoms with Crippen LogP contribution in [0.15, 0.2) is 11.8 Å². The molecule has 0 aromatic heterocycles. The lowest BCUT2D eigenvalue weighted by atomic mass is 9.83. The second-order valence-electron chi connectivity index (χ2n) is 6.45. The predicted octanol–water partition coefficient (Wildman–Crippen LogP) is 2.35. The van der Waals surface area contributed by atoms with Crippen LogP contribution in [-0.4, -0.2) is 48.4 Å². The lowest BCUT2D eigenvalue weighted by Crippen LogP contribution is -2.49. The molecule has 0 heterocycles. The quantitative estimate of drug-likeness (QED) is 0.818. The molecule has 4 nitrogen and oxygen atoms in total. The number of nitrogens with zero attached hydrogens (tertiary/aromatic N) is 2. The van der Waals surface area contributed by atoms with E-state index in [4.69, 9.17) is 5.73 Å². The van der Waals surface area contributed by atoms with Crippen molar-refractivity contribution in [2.45, 2.75) is 57.9 Å². The minimum Gasteiger partial charge on any atom is -0.330 e. The molecule has 0 bridgehead atoms. The Morgan fingerprint density at radius 1 is 1.33 bits per heavy atom. The van der Waals surface area contributed by atoms with Crippen molar-refractivity contribution in [2.75, 3.05) is 26.7 Å². The van der Waals surface area contributed by atoms with Crippen LogP contribution in [0.3, 0.4) is 0 Å². The van der Waals surface area contributed by atoms with Gasteiger partial charge < -0.3 is 10.6 Å². The van der Waals surface area contributed by atoms with Crippen molar-refractivity contribution >= 4 is 5.91 Å². The molecule has 4 heteroatoms. The zero-order valence-corrected chi connectivity index (χ0v) is 13.7. The molecule has 21 heavy (non-hydrogen) atoms. The normalized spacial score (nSPS) is 26.0. The Labute approximate surface area is 129 Å². The number of hydrogen-bond donors (Lipinski definition) is 1. The highest BCUT2D eigenvalue weighted by Gasteiger charge is 2.30. The Hall–Kier alpha value is -0.870. The highest BCUT2D eigenvalue weighted by molar-refractivity contribution is 5.79. The van der Waals surface area contributed by atoms with Crippen molar-refractivity contribution in [3.8, 4) is 0 Å². The highest BCUT2D eigenvalue weighted by Crippen LogP contribution is 2.28. The van der Waals surface area contributed by atoms with E-state index >= 15 is 0 Å². The van der Waals surface area contributed by atoms with Crippen molar-refractivity contribution < 1.29 is 4.79 Å². The van der Waals surface area contributed by atoms with Crippen LogP contribution in [-0.2, 0) is 4.79 Å². The van der Waals surface area contributed by atoms with Crippen LogP contribution in [0.2, 0.25) is 0 Å². The van der Waals surface area contributed by atoms with Crippen molar-refractivity contribution in [2.24, 2.45) is 11.7 Å². The van der Waals surface area contributed by atoms with Gasteiger partial charge in [-0.3, -0.25) is 9.69 Å². The average molecular weight is 293 g/mol. The molecule has 1 amide bonds. The van der Waals surface area contributed by atoms with Gasteiger partial charge in [0.15, 0.2) is 0 Å². The third kappa shape index (κ3) is 4.07. The molecule has 0 aromatic rings. The van der Waals surface area contributed by atoms with E-state index in [1.807, 2.05) is 11.9 Å². The van der Waals surface area contributed by atoms with Crippen molar-refractivity contribution in [3.05, 3.63) is 11.8 Å². The van der Waals surface area contributed by atoms with E-state index in [1.54, 1.807) is 0 Å². The van der Waals surface area contributed by atoms with Gasteiger partial charge in [0.25, 0.3) is 0 Å². The number of hydrogen-bond acceptors (Lipinski definition) is 3. The summed E-state index contributed by atoms with van der Waals surface area (Å²) in [6.45, 7) is 4.37. The molecule has 0 radical (unpaired) electrons. The number of likely N-dealkylation sites (N-methyl/N-ethyl adjacent to an activating group) is 2. The van der Waals surface area contributed by atoms with Gasteiger partial charge in [0.05, 0.1) is 6.54 Å². The van der Waals surface area contributed by atoms with Crippen LogP contribution in [0.1, 0.15) is 51.9 Å². The van der Waals surface area contributed by atoms with E-state index in [0.717, 1.165) is 25.9 Å². The topological polar surface area (TPSA) is 49.6 Å². The van der Waals surface area contributed by atoms with E-state index in [1.165, 1.54) is 37.8 Å². The van der Waals surface area contributed by atoms with Crippen LogP contribution in [0.4, 0.5) is 0 Å². The first-order valence-corrected chi connectivity index (χ1v) is 8.57. The lowest BCUT2D eigenvalue weighted by Gasteiger charge is -2.39. The van der Waals surface area contributed by atoms with Gasteiger partial charge in [-0.1, -0.05) is 25.8 Å². The number of amides is 1. The van der Waals surface area contributed by atoms with Crippen LogP contribution >= 0.6 is 0 Å². The summed E-state index contributed by atoms with van der Waals surface area (Å²) in [5.41, 5.74) is 7.15. The first-order valence-electron chi connectivity index (χ1n) is 8.57. The van der Waals surface area contributed by atoms with Crippen molar-refractivity contribution in [1.82, 2.24) is 9.80 Å². The molecule has 0 saturated heterocycles. The molecule has 0 spiro atoms. The van der Waals surface area contributed by atoms with Gasteiger partial charge in [0, 0.05) is 18.8 Å². The van der Waals surface area contributed by atoms with Gasteiger partial charge in [-0.05, 0) is 51.1 Å². The molecule has 1 fully saturated rings. The smallest absolute Gasteiger partial charge is 0.240 e. The molecule has 120 valence electrons. The summed E-state index contributed by atoms with van der Waals surface area (Å²) in [7, 11) is 1.93. The van der Waals surface area contributed by atoms with Crippen molar-refractivity contribution in [1.29, 1.82) is 0 Å². The highest BCUT2D eigenvalue weighted by atomic mass is 16.2. The third-order valence-corrected chi connectivity index (χ3v) is 5.21. The number of rotatable bonds is 6. The fourth-order valence-electron chi connectivity index (χ4n) is 3.81. The molecular weight excluding hydrogens is 262 g/mol. The minimum absolute atomic E-state index is 0.228. The van der Waals surface area contributed by atoms with Crippen molar-refractivity contribution in [3.63, 3.8) is 0 Å². The van der Waals surface area contributed by atoms with E-state index in [0.29, 0.717) is 18.5 Å². The molecule has 2 rings (SSSR count). The van der Waals surface area contributed by atoms with Crippen LogP contribution in [0.5, 0.6) is 0 Å². The fraction of sp³-hybridized carbons (Fsp3) is 0.824. The number of carbonyl (C=O) groups excluding carboxylic acids is 1. The molecule has 2 N–H and O–H groups in total. The lowest BCUT2D eigenvalue weighted by molar-refractivity contribution is -0.130. The molecule has 2 unspecified atom stereocenters. The van der Waals surface area contributed by atoms with Crippen LogP contribution < -0.4 is 5.73 Å². The first kappa shape index (κ1) is 16.5. The molecule has 2 atom stereocenters. The summed E-state index contributed by atoms with van der Waals surface area (Å²) < 4.78 is 0. The van der Waals surface area contributed by atoms with E-state index in [2.05, 4.69) is 17.9 Å². The van der Waals surface area contributed by atoms with Gasteiger partial charge in [-0.2, -0.15) is 0 Å². The maximum Gasteiger partial charge on any atom is 0.240 e. The summed E-state index contributed by atoms with van der Waals surface area (Å²) in [5.74, 6) is 0.786. The molecular formula is C17H31N3O.